The Kier molecular flexibility index (Phi) is 5.87. The molecule has 0 aliphatic rings. The predicted molar refractivity (Wildman–Crippen MR) is 33.7 cm³/mol. The zero-order chi connectivity index (χ0) is 6.24. The number of nitrogens with one attached hydrogen (secondary N) is 1. The fraction of sp³-hybridized carbons (Fsp3) is 0.500. The summed E-state index contributed by atoms with van der Waals surface area (Å²) in [6.07, 6.45) is 3.59. The van der Waals surface area contributed by atoms with Gasteiger partial charge in [-0.2, -0.15) is 0 Å². The van der Waals surface area contributed by atoms with Crippen molar-refractivity contribution < 1.29 is 4.79 Å². The van der Waals surface area contributed by atoms with E-state index in [1.807, 2.05) is 6.08 Å². The van der Waals surface area contributed by atoms with E-state index in [2.05, 4.69) is 11.9 Å². The number of aldehydes is 1. The lowest BCUT2D eigenvalue weighted by Crippen LogP contribution is -2.16. The van der Waals surface area contributed by atoms with Crippen molar-refractivity contribution in [2.75, 3.05) is 13.1 Å². The van der Waals surface area contributed by atoms with Crippen LogP contribution < -0.4 is 5.32 Å². The third-order valence-corrected chi connectivity index (χ3v) is 0.753. The summed E-state index contributed by atoms with van der Waals surface area (Å²) in [7, 11) is 0. The Morgan fingerprint density at radius 3 is 2.88 bits per heavy atom. The largest absolute Gasteiger partial charge is 0.310 e. The van der Waals surface area contributed by atoms with Gasteiger partial charge in [0.2, 0.25) is 0 Å². The van der Waals surface area contributed by atoms with Gasteiger partial charge in [-0.3, -0.25) is 0 Å². The van der Waals surface area contributed by atoms with Gasteiger partial charge < -0.3 is 10.1 Å². The van der Waals surface area contributed by atoms with Crippen LogP contribution in [0.4, 0.5) is 0 Å². The predicted octanol–water partition coefficient (Wildman–Crippen LogP) is 0.351. The van der Waals surface area contributed by atoms with Crippen molar-refractivity contribution in [2.24, 2.45) is 0 Å². The summed E-state index contributed by atoms with van der Waals surface area (Å²) in [6.45, 7) is 4.83. The van der Waals surface area contributed by atoms with Gasteiger partial charge in [0, 0.05) is 0 Å². The monoisotopic (exact) mass is 113 g/mol. The Morgan fingerprint density at radius 2 is 2.38 bits per heavy atom. The second kappa shape index (κ2) is 6.37. The fourth-order valence-corrected chi connectivity index (χ4v) is 0.365. The first-order chi connectivity index (χ1) is 3.91. The van der Waals surface area contributed by atoms with Crippen molar-refractivity contribution in [1.29, 1.82) is 0 Å². The molecule has 0 aromatic rings. The minimum Gasteiger partial charge on any atom is -0.310 e. The third kappa shape index (κ3) is 5.37. The van der Waals surface area contributed by atoms with Crippen LogP contribution in [-0.2, 0) is 4.79 Å². The van der Waals surface area contributed by atoms with Crippen LogP contribution in [0.1, 0.15) is 6.42 Å². The summed E-state index contributed by atoms with van der Waals surface area (Å²) in [5.74, 6) is 0. The highest BCUT2D eigenvalue weighted by molar-refractivity contribution is 5.51. The first-order valence-corrected chi connectivity index (χ1v) is 2.67. The molecule has 0 rings (SSSR count). The zero-order valence-electron chi connectivity index (χ0n) is 4.89. The van der Waals surface area contributed by atoms with Crippen molar-refractivity contribution in [3.8, 4) is 0 Å². The Hall–Kier alpha value is -0.630. The summed E-state index contributed by atoms with van der Waals surface area (Å²) >= 11 is 0. The van der Waals surface area contributed by atoms with E-state index in [0.29, 0.717) is 6.54 Å². The molecule has 0 fully saturated rings. The number of hydrogen-bond donors (Lipinski definition) is 1. The van der Waals surface area contributed by atoms with Crippen LogP contribution in [0, 0.1) is 0 Å². The lowest BCUT2D eigenvalue weighted by Gasteiger charge is -1.92. The van der Waals surface area contributed by atoms with Gasteiger partial charge in [0.1, 0.15) is 6.29 Å². The maximum absolute atomic E-state index is 9.68. The number of rotatable bonds is 5. The molecule has 1 N–H and O–H groups in total. The first kappa shape index (κ1) is 7.37. The Balaban J connectivity index is 2.71. The molecule has 0 saturated heterocycles. The molecule has 2 nitrogen and oxygen atoms in total. The topological polar surface area (TPSA) is 29.1 Å². The molecule has 0 aromatic carbocycles. The molecule has 0 spiro atoms. The van der Waals surface area contributed by atoms with Gasteiger partial charge in [-0.15, -0.1) is 6.58 Å². The average molecular weight is 113 g/mol. The molecule has 0 radical (unpaired) electrons. The van der Waals surface area contributed by atoms with E-state index in [4.69, 9.17) is 0 Å². The summed E-state index contributed by atoms with van der Waals surface area (Å²) in [4.78, 5) is 9.68. The molecule has 0 unspecified atom stereocenters. The van der Waals surface area contributed by atoms with Crippen LogP contribution >= 0.6 is 0 Å². The van der Waals surface area contributed by atoms with E-state index in [9.17, 15) is 4.79 Å². The standard InChI is InChI=1S/C6H11NO/c1-2-3-4-7-5-6-8/h2,6-7H,1,3-5H2. The maximum atomic E-state index is 9.68. The van der Waals surface area contributed by atoms with E-state index in [1.165, 1.54) is 0 Å². The molecule has 0 atom stereocenters. The quantitative estimate of drug-likeness (QED) is 0.316. The summed E-state index contributed by atoms with van der Waals surface area (Å²) in [5, 5.41) is 2.90. The molecular formula is C6H11NO. The molecule has 0 aliphatic heterocycles. The molecule has 0 aliphatic carbocycles. The molecule has 0 amide bonds. The van der Waals surface area contributed by atoms with E-state index in [-0.39, 0.29) is 0 Å². The highest BCUT2D eigenvalue weighted by Gasteiger charge is 1.78. The van der Waals surface area contributed by atoms with E-state index >= 15 is 0 Å². The van der Waals surface area contributed by atoms with Crippen LogP contribution in [-0.4, -0.2) is 19.4 Å². The minimum absolute atomic E-state index is 0.452. The average Bonchev–Trinajstić information content (AvgIpc) is 1.81. The lowest BCUT2D eigenvalue weighted by atomic mass is 10.4. The highest BCUT2D eigenvalue weighted by Crippen LogP contribution is 1.72. The Morgan fingerprint density at radius 1 is 1.62 bits per heavy atom. The number of hydrogen-bond acceptors (Lipinski definition) is 2. The highest BCUT2D eigenvalue weighted by atomic mass is 16.1. The van der Waals surface area contributed by atoms with E-state index in [1.54, 1.807) is 0 Å². The zero-order valence-corrected chi connectivity index (χ0v) is 4.89. The van der Waals surface area contributed by atoms with Gasteiger partial charge in [0.05, 0.1) is 6.54 Å². The summed E-state index contributed by atoms with van der Waals surface area (Å²) in [5.41, 5.74) is 0. The van der Waals surface area contributed by atoms with Gasteiger partial charge in [0.15, 0.2) is 0 Å². The van der Waals surface area contributed by atoms with Crippen LogP contribution in [0.5, 0.6) is 0 Å². The molecule has 0 bridgehead atoms. The van der Waals surface area contributed by atoms with Crippen LogP contribution in [0.25, 0.3) is 0 Å². The van der Waals surface area contributed by atoms with Gasteiger partial charge in [-0.1, -0.05) is 6.08 Å². The lowest BCUT2D eigenvalue weighted by molar-refractivity contribution is -0.107. The molecule has 0 heterocycles. The summed E-state index contributed by atoms with van der Waals surface area (Å²) in [6, 6.07) is 0. The SMILES string of the molecule is C=CCCNCC=O. The second-order valence-electron chi connectivity index (χ2n) is 1.45. The van der Waals surface area contributed by atoms with Crippen molar-refractivity contribution in [2.45, 2.75) is 6.42 Å². The van der Waals surface area contributed by atoms with Crippen molar-refractivity contribution in [1.82, 2.24) is 5.32 Å². The minimum atomic E-state index is 0.452. The molecule has 8 heavy (non-hydrogen) atoms. The van der Waals surface area contributed by atoms with Crippen molar-refractivity contribution in [3.63, 3.8) is 0 Å². The molecule has 2 heteroatoms. The maximum Gasteiger partial charge on any atom is 0.133 e. The summed E-state index contributed by atoms with van der Waals surface area (Å²) < 4.78 is 0. The molecule has 0 saturated carbocycles. The van der Waals surface area contributed by atoms with Gasteiger partial charge in [-0.25, -0.2) is 0 Å². The van der Waals surface area contributed by atoms with Crippen molar-refractivity contribution in [3.05, 3.63) is 12.7 Å². The number of carbonyl (C=O) groups is 1. The third-order valence-electron chi connectivity index (χ3n) is 0.753. The molecule has 0 aromatic heterocycles. The second-order valence-corrected chi connectivity index (χ2v) is 1.45. The molecular weight excluding hydrogens is 102 g/mol. The first-order valence-electron chi connectivity index (χ1n) is 2.67. The van der Waals surface area contributed by atoms with E-state index in [0.717, 1.165) is 19.3 Å². The van der Waals surface area contributed by atoms with Gasteiger partial charge >= 0.3 is 0 Å². The van der Waals surface area contributed by atoms with Crippen molar-refractivity contribution >= 4 is 6.29 Å². The Bertz CT molecular complexity index is 60.9. The van der Waals surface area contributed by atoms with Crippen LogP contribution in [0.2, 0.25) is 0 Å². The van der Waals surface area contributed by atoms with Crippen LogP contribution in [0.3, 0.4) is 0 Å². The Labute approximate surface area is 49.6 Å². The normalized spacial score (nSPS) is 8.50. The van der Waals surface area contributed by atoms with Gasteiger partial charge in [-0.05, 0) is 13.0 Å². The smallest absolute Gasteiger partial charge is 0.133 e. The van der Waals surface area contributed by atoms with E-state index < -0.39 is 0 Å². The number of carbonyl (C=O) groups excluding carboxylic acids is 1. The van der Waals surface area contributed by atoms with Gasteiger partial charge in [0.25, 0.3) is 0 Å². The molecule has 46 valence electrons. The van der Waals surface area contributed by atoms with Crippen LogP contribution in [0.15, 0.2) is 12.7 Å². The fourth-order valence-electron chi connectivity index (χ4n) is 0.365.